The molecule has 4 heteroatoms. The molecule has 3 unspecified atom stereocenters. The fraction of sp³-hybridized carbons (Fsp3) is 0.250. The molecule has 0 saturated carbocycles. The monoisotopic (exact) mass is 288 g/mol. The van der Waals surface area contributed by atoms with Crippen LogP contribution in [0.25, 0.3) is 0 Å². The van der Waals surface area contributed by atoms with E-state index in [9.17, 15) is 9.46 Å². The highest BCUT2D eigenvalue weighted by Gasteiger charge is 2.53. The van der Waals surface area contributed by atoms with Crippen LogP contribution in [0.5, 0.6) is 0 Å². The second kappa shape index (κ2) is 5.17. The summed E-state index contributed by atoms with van der Waals surface area (Å²) in [6, 6.07) is 16.8. The molecule has 1 heterocycles. The molecule has 2 aromatic carbocycles. The first-order valence-electron chi connectivity index (χ1n) is 6.75. The summed E-state index contributed by atoms with van der Waals surface area (Å²) in [6.07, 6.45) is 0.717. The second-order valence-corrected chi connectivity index (χ2v) is 7.27. The number of hydrogen-bond donors (Lipinski definition) is 1. The van der Waals surface area contributed by atoms with Crippen molar-refractivity contribution in [3.05, 3.63) is 65.7 Å². The minimum absolute atomic E-state index is 0.267. The molecule has 104 valence electrons. The van der Waals surface area contributed by atoms with E-state index in [0.717, 1.165) is 12.0 Å². The van der Waals surface area contributed by atoms with E-state index in [4.69, 9.17) is 4.74 Å². The first-order chi connectivity index (χ1) is 9.63. The lowest BCUT2D eigenvalue weighted by atomic mass is 10.1. The van der Waals surface area contributed by atoms with E-state index in [0.29, 0.717) is 5.30 Å². The molecular weight excluding hydrogens is 271 g/mol. The van der Waals surface area contributed by atoms with Crippen molar-refractivity contribution in [3.63, 3.8) is 0 Å². The summed E-state index contributed by atoms with van der Waals surface area (Å²) in [7, 11) is -3.47. The lowest BCUT2D eigenvalue weighted by molar-refractivity contribution is 0.385. The van der Waals surface area contributed by atoms with Gasteiger partial charge in [0.05, 0.1) is 0 Å². The first kappa shape index (κ1) is 13.6. The Labute approximate surface area is 118 Å². The Bertz CT molecular complexity index is 637. The average Bonchev–Trinajstić information content (AvgIpc) is 3.29. The van der Waals surface area contributed by atoms with Crippen LogP contribution < -0.4 is 5.30 Å². The molecule has 0 aromatic heterocycles. The Balaban J connectivity index is 1.79. The molecule has 1 aliphatic rings. The van der Waals surface area contributed by atoms with Crippen LogP contribution in [0.15, 0.2) is 54.6 Å². The normalized spacial score (nSPS) is 24.1. The van der Waals surface area contributed by atoms with Gasteiger partial charge < -0.3 is 9.63 Å². The Morgan fingerprint density at radius 2 is 1.75 bits per heavy atom. The van der Waals surface area contributed by atoms with E-state index < -0.39 is 13.2 Å². The van der Waals surface area contributed by atoms with E-state index in [2.05, 4.69) is 6.92 Å². The molecule has 0 aliphatic carbocycles. The van der Waals surface area contributed by atoms with Crippen LogP contribution in [0.3, 0.4) is 0 Å². The van der Waals surface area contributed by atoms with Crippen LogP contribution in [0, 0.1) is 0 Å². The van der Waals surface area contributed by atoms with Crippen LogP contribution in [0.1, 0.15) is 24.2 Å². The smallest absolute Gasteiger partial charge is 0.260 e. The third kappa shape index (κ3) is 2.45. The molecule has 1 aliphatic heterocycles. The predicted octanol–water partition coefficient (Wildman–Crippen LogP) is 3.24. The van der Waals surface area contributed by atoms with Crippen LogP contribution >= 0.6 is 7.37 Å². The molecule has 0 spiro atoms. The SMILES string of the molecule is CCc1ccc(C2OC2P(=O)(O)c2ccccc2)cc1. The number of hydrogen-bond acceptors (Lipinski definition) is 2. The molecule has 1 saturated heterocycles. The van der Waals surface area contributed by atoms with Gasteiger partial charge in [0, 0.05) is 5.30 Å². The maximum Gasteiger partial charge on any atom is 0.260 e. The molecule has 1 fully saturated rings. The van der Waals surface area contributed by atoms with Crippen molar-refractivity contribution >= 4 is 12.7 Å². The lowest BCUT2D eigenvalue weighted by Gasteiger charge is -2.08. The van der Waals surface area contributed by atoms with Crippen LogP contribution in [-0.2, 0) is 15.7 Å². The quantitative estimate of drug-likeness (QED) is 0.694. The number of ether oxygens (including phenoxy) is 1. The van der Waals surface area contributed by atoms with Gasteiger partial charge in [-0.05, 0) is 29.7 Å². The maximum absolute atomic E-state index is 12.5. The van der Waals surface area contributed by atoms with Crippen LogP contribution in [0.4, 0.5) is 0 Å². The Morgan fingerprint density at radius 3 is 2.35 bits per heavy atom. The second-order valence-electron chi connectivity index (χ2n) is 5.00. The molecule has 1 N–H and O–H groups in total. The van der Waals surface area contributed by atoms with Crippen molar-refractivity contribution in [2.24, 2.45) is 0 Å². The van der Waals surface area contributed by atoms with Gasteiger partial charge in [-0.15, -0.1) is 0 Å². The van der Waals surface area contributed by atoms with Gasteiger partial charge in [-0.3, -0.25) is 4.57 Å². The fourth-order valence-corrected chi connectivity index (χ4v) is 4.07. The van der Waals surface area contributed by atoms with Gasteiger partial charge in [0.15, 0.2) is 5.85 Å². The Kier molecular flexibility index (Phi) is 3.51. The van der Waals surface area contributed by atoms with E-state index in [-0.39, 0.29) is 6.10 Å². The third-order valence-corrected chi connectivity index (χ3v) is 5.78. The van der Waals surface area contributed by atoms with Crippen molar-refractivity contribution in [1.29, 1.82) is 0 Å². The van der Waals surface area contributed by atoms with Gasteiger partial charge in [0.1, 0.15) is 6.10 Å². The molecule has 3 nitrogen and oxygen atoms in total. The van der Waals surface area contributed by atoms with E-state index >= 15 is 0 Å². The summed E-state index contributed by atoms with van der Waals surface area (Å²) in [5, 5.41) is 0.456. The highest BCUT2D eigenvalue weighted by Crippen LogP contribution is 2.61. The van der Waals surface area contributed by atoms with Gasteiger partial charge in [0.2, 0.25) is 0 Å². The van der Waals surface area contributed by atoms with Crippen LogP contribution in [0.2, 0.25) is 0 Å². The summed E-state index contributed by atoms with van der Waals surface area (Å²) in [6.45, 7) is 2.10. The predicted molar refractivity (Wildman–Crippen MR) is 79.3 cm³/mol. The van der Waals surface area contributed by atoms with Crippen LogP contribution in [-0.4, -0.2) is 10.7 Å². The zero-order chi connectivity index (χ0) is 14.2. The molecule has 0 amide bonds. The highest BCUT2D eigenvalue weighted by atomic mass is 31.2. The zero-order valence-electron chi connectivity index (χ0n) is 11.3. The van der Waals surface area contributed by atoms with Gasteiger partial charge in [-0.25, -0.2) is 0 Å². The lowest BCUT2D eigenvalue weighted by Crippen LogP contribution is -2.08. The molecule has 2 aromatic rings. The van der Waals surface area contributed by atoms with Gasteiger partial charge in [-0.1, -0.05) is 49.4 Å². The van der Waals surface area contributed by atoms with Crippen molar-refractivity contribution in [3.8, 4) is 0 Å². The molecule has 0 bridgehead atoms. The summed E-state index contributed by atoms with van der Waals surface area (Å²) in [5.74, 6) is -0.614. The van der Waals surface area contributed by atoms with E-state index in [1.165, 1.54) is 5.56 Å². The molecule has 3 rings (SSSR count). The average molecular weight is 288 g/mol. The van der Waals surface area contributed by atoms with Gasteiger partial charge in [-0.2, -0.15) is 0 Å². The summed E-state index contributed by atoms with van der Waals surface area (Å²) < 4.78 is 18.0. The van der Waals surface area contributed by atoms with Gasteiger partial charge >= 0.3 is 0 Å². The minimum Gasteiger partial charge on any atom is -0.353 e. The Morgan fingerprint density at radius 1 is 1.10 bits per heavy atom. The summed E-state index contributed by atoms with van der Waals surface area (Å²) >= 11 is 0. The zero-order valence-corrected chi connectivity index (χ0v) is 12.2. The van der Waals surface area contributed by atoms with E-state index in [1.54, 1.807) is 24.3 Å². The molecule has 20 heavy (non-hydrogen) atoms. The van der Waals surface area contributed by atoms with E-state index in [1.807, 2.05) is 30.3 Å². The third-order valence-electron chi connectivity index (χ3n) is 3.66. The molecule has 0 radical (unpaired) electrons. The van der Waals surface area contributed by atoms with Crippen molar-refractivity contribution in [1.82, 2.24) is 0 Å². The topological polar surface area (TPSA) is 49.8 Å². The Hall–Kier alpha value is -1.41. The highest BCUT2D eigenvalue weighted by molar-refractivity contribution is 7.66. The molecular formula is C16H17O3P. The standard InChI is InChI=1S/C16H17O3P/c1-2-12-8-10-13(11-9-12)15-16(19-15)20(17,18)14-6-4-3-5-7-14/h3-11,15-16H,2H2,1H3,(H,17,18). The largest absolute Gasteiger partial charge is 0.353 e. The number of epoxide rings is 1. The van der Waals surface area contributed by atoms with Crippen molar-refractivity contribution in [2.75, 3.05) is 0 Å². The number of rotatable bonds is 4. The van der Waals surface area contributed by atoms with Crippen molar-refractivity contribution < 1.29 is 14.2 Å². The molecule has 3 atom stereocenters. The minimum atomic E-state index is -3.47. The summed E-state index contributed by atoms with van der Waals surface area (Å²) in [4.78, 5) is 10.3. The maximum atomic E-state index is 12.5. The number of aryl methyl sites for hydroxylation is 1. The van der Waals surface area contributed by atoms with Gasteiger partial charge in [0.25, 0.3) is 7.37 Å². The fourth-order valence-electron chi connectivity index (χ4n) is 2.35. The first-order valence-corrected chi connectivity index (χ1v) is 8.48. The number of benzene rings is 2. The summed E-state index contributed by atoms with van der Waals surface area (Å²) in [5.41, 5.74) is 2.22. The van der Waals surface area contributed by atoms with Crippen molar-refractivity contribution in [2.45, 2.75) is 25.3 Å².